The summed E-state index contributed by atoms with van der Waals surface area (Å²) >= 11 is 0. The minimum absolute atomic E-state index is 0.0576. The summed E-state index contributed by atoms with van der Waals surface area (Å²) < 4.78 is 0. The first kappa shape index (κ1) is 22.8. The molecule has 0 unspecified atom stereocenters. The average Bonchev–Trinajstić information content (AvgIpc) is 2.78. The van der Waals surface area contributed by atoms with E-state index in [9.17, 15) is 14.4 Å². The van der Waals surface area contributed by atoms with Crippen LogP contribution in [0.25, 0.3) is 0 Å². The number of benzene rings is 2. The van der Waals surface area contributed by atoms with Crippen molar-refractivity contribution in [3.8, 4) is 0 Å². The third-order valence-corrected chi connectivity index (χ3v) is 6.69. The van der Waals surface area contributed by atoms with Crippen LogP contribution in [-0.2, 0) is 16.1 Å². The molecule has 7 heteroatoms. The molecule has 2 aliphatic rings. The SMILES string of the molecule is CC1(C)CCC(c2ccc(Nc3ccc(CNC(=O)[C@@H]4CC(=O)NC(=O)N4)cc3)cc2)CC1. The van der Waals surface area contributed by atoms with E-state index in [-0.39, 0.29) is 12.3 Å². The van der Waals surface area contributed by atoms with Gasteiger partial charge in [-0.05, 0) is 72.4 Å². The van der Waals surface area contributed by atoms with Gasteiger partial charge in [0.2, 0.25) is 11.8 Å². The molecule has 4 N–H and O–H groups in total. The summed E-state index contributed by atoms with van der Waals surface area (Å²) in [6.45, 7) is 5.05. The Morgan fingerprint density at radius 3 is 2.18 bits per heavy atom. The molecule has 2 fully saturated rings. The highest BCUT2D eigenvalue weighted by Gasteiger charge is 2.29. The molecule has 1 saturated carbocycles. The number of carbonyl (C=O) groups is 3. The molecule has 1 heterocycles. The molecular formula is C26H32N4O3. The molecule has 174 valence electrons. The standard InChI is InChI=1S/C26H32N4O3/c1-26(2)13-11-19(12-14-26)18-5-9-21(10-6-18)28-20-7-3-17(4-8-20)16-27-24(32)22-15-23(31)30-25(33)29-22/h3-10,19,22,28H,11-16H2,1-2H3,(H,27,32)(H2,29,30,31,33)/t22-/m0/s1. The van der Waals surface area contributed by atoms with Crippen LogP contribution in [0.15, 0.2) is 48.5 Å². The Balaban J connectivity index is 1.27. The van der Waals surface area contributed by atoms with Gasteiger partial charge in [0.1, 0.15) is 6.04 Å². The van der Waals surface area contributed by atoms with Crippen molar-refractivity contribution >= 4 is 29.2 Å². The number of anilines is 2. The smallest absolute Gasteiger partial charge is 0.322 e. The quantitative estimate of drug-likeness (QED) is 0.529. The van der Waals surface area contributed by atoms with E-state index in [2.05, 4.69) is 59.4 Å². The first-order valence-corrected chi connectivity index (χ1v) is 11.6. The van der Waals surface area contributed by atoms with E-state index in [4.69, 9.17) is 0 Å². The summed E-state index contributed by atoms with van der Waals surface area (Å²) in [5.41, 5.74) is 4.84. The molecule has 4 rings (SSSR count). The first-order chi connectivity index (χ1) is 15.8. The van der Waals surface area contributed by atoms with Crippen molar-refractivity contribution in [2.75, 3.05) is 5.32 Å². The summed E-state index contributed by atoms with van der Waals surface area (Å²) in [7, 11) is 0. The van der Waals surface area contributed by atoms with E-state index in [0.717, 1.165) is 16.9 Å². The van der Waals surface area contributed by atoms with Gasteiger partial charge < -0.3 is 16.0 Å². The van der Waals surface area contributed by atoms with Gasteiger partial charge in [0, 0.05) is 17.9 Å². The van der Waals surface area contributed by atoms with Crippen LogP contribution < -0.4 is 21.3 Å². The van der Waals surface area contributed by atoms with E-state index in [0.29, 0.717) is 17.9 Å². The molecule has 1 aliphatic carbocycles. The summed E-state index contributed by atoms with van der Waals surface area (Å²) in [6.07, 6.45) is 5.04. The molecular weight excluding hydrogens is 416 g/mol. The summed E-state index contributed by atoms with van der Waals surface area (Å²) in [4.78, 5) is 35.0. The Bertz CT molecular complexity index is 989. The van der Waals surface area contributed by atoms with Gasteiger partial charge in [-0.15, -0.1) is 0 Å². The summed E-state index contributed by atoms with van der Waals surface area (Å²) in [5.74, 6) is -0.162. The van der Waals surface area contributed by atoms with Crippen LogP contribution >= 0.6 is 0 Å². The molecule has 1 saturated heterocycles. The van der Waals surface area contributed by atoms with Gasteiger partial charge >= 0.3 is 6.03 Å². The molecule has 2 aromatic carbocycles. The van der Waals surface area contributed by atoms with Gasteiger partial charge in [0.25, 0.3) is 0 Å². The van der Waals surface area contributed by atoms with E-state index in [1.165, 1.54) is 31.2 Å². The lowest BCUT2D eigenvalue weighted by Gasteiger charge is -2.34. The second-order valence-electron chi connectivity index (χ2n) is 9.88. The molecule has 1 aliphatic heterocycles. The predicted octanol–water partition coefficient (Wildman–Crippen LogP) is 4.33. The van der Waals surface area contributed by atoms with Crippen molar-refractivity contribution in [2.45, 2.75) is 64.5 Å². The lowest BCUT2D eigenvalue weighted by Crippen LogP contribution is -2.57. The van der Waals surface area contributed by atoms with E-state index in [1.54, 1.807) is 0 Å². The monoisotopic (exact) mass is 448 g/mol. The van der Waals surface area contributed by atoms with Crippen molar-refractivity contribution in [3.05, 3.63) is 59.7 Å². The topological polar surface area (TPSA) is 99.3 Å². The lowest BCUT2D eigenvalue weighted by atomic mass is 9.71. The average molecular weight is 449 g/mol. The van der Waals surface area contributed by atoms with Crippen molar-refractivity contribution < 1.29 is 14.4 Å². The Morgan fingerprint density at radius 2 is 1.58 bits per heavy atom. The van der Waals surface area contributed by atoms with Crippen molar-refractivity contribution in [1.82, 2.24) is 16.0 Å². The van der Waals surface area contributed by atoms with Gasteiger partial charge in [-0.3, -0.25) is 14.9 Å². The first-order valence-electron chi connectivity index (χ1n) is 11.6. The maximum atomic E-state index is 12.2. The van der Waals surface area contributed by atoms with E-state index in [1.807, 2.05) is 24.3 Å². The van der Waals surface area contributed by atoms with Gasteiger partial charge in [0.05, 0.1) is 6.42 Å². The lowest BCUT2D eigenvalue weighted by molar-refractivity contribution is -0.128. The number of urea groups is 1. The molecule has 1 atom stereocenters. The van der Waals surface area contributed by atoms with Crippen LogP contribution in [0.4, 0.5) is 16.2 Å². The van der Waals surface area contributed by atoms with Gasteiger partial charge in [0.15, 0.2) is 0 Å². The fourth-order valence-electron chi connectivity index (χ4n) is 4.52. The second kappa shape index (κ2) is 9.65. The number of amides is 4. The minimum Gasteiger partial charge on any atom is -0.356 e. The normalized spacial score (nSPS) is 20.5. The molecule has 0 spiro atoms. The van der Waals surface area contributed by atoms with Gasteiger partial charge in [-0.2, -0.15) is 0 Å². The fourth-order valence-corrected chi connectivity index (χ4v) is 4.52. The fraction of sp³-hybridized carbons (Fsp3) is 0.423. The maximum absolute atomic E-state index is 12.2. The zero-order valence-corrected chi connectivity index (χ0v) is 19.2. The van der Waals surface area contributed by atoms with Crippen molar-refractivity contribution in [2.24, 2.45) is 5.41 Å². The number of hydrogen-bond acceptors (Lipinski definition) is 4. The molecule has 2 aromatic rings. The van der Waals surface area contributed by atoms with Crippen LogP contribution in [0, 0.1) is 5.41 Å². The molecule has 0 radical (unpaired) electrons. The van der Waals surface area contributed by atoms with E-state index < -0.39 is 18.0 Å². The zero-order chi connectivity index (χ0) is 23.4. The number of nitrogens with one attached hydrogen (secondary N) is 4. The van der Waals surface area contributed by atoms with Crippen LogP contribution in [0.2, 0.25) is 0 Å². The number of carbonyl (C=O) groups excluding carboxylic acids is 3. The highest BCUT2D eigenvalue weighted by Crippen LogP contribution is 2.42. The van der Waals surface area contributed by atoms with Gasteiger partial charge in [-0.25, -0.2) is 4.79 Å². The Morgan fingerprint density at radius 1 is 0.970 bits per heavy atom. The third kappa shape index (κ3) is 6.12. The van der Waals surface area contributed by atoms with Crippen molar-refractivity contribution in [1.29, 1.82) is 0 Å². The molecule has 33 heavy (non-hydrogen) atoms. The summed E-state index contributed by atoms with van der Waals surface area (Å²) in [5, 5.41) is 10.8. The molecule has 0 aromatic heterocycles. The number of imide groups is 1. The highest BCUT2D eigenvalue weighted by molar-refractivity contribution is 6.02. The van der Waals surface area contributed by atoms with E-state index >= 15 is 0 Å². The largest absolute Gasteiger partial charge is 0.356 e. The minimum atomic E-state index is -0.838. The van der Waals surface area contributed by atoms with Crippen LogP contribution in [0.3, 0.4) is 0 Å². The van der Waals surface area contributed by atoms with Crippen LogP contribution in [0.5, 0.6) is 0 Å². The maximum Gasteiger partial charge on any atom is 0.322 e. The Labute approximate surface area is 194 Å². The predicted molar refractivity (Wildman–Crippen MR) is 128 cm³/mol. The molecule has 7 nitrogen and oxygen atoms in total. The van der Waals surface area contributed by atoms with Crippen molar-refractivity contribution in [3.63, 3.8) is 0 Å². The Hall–Kier alpha value is -3.35. The van der Waals surface area contributed by atoms with Gasteiger partial charge in [-0.1, -0.05) is 38.1 Å². The number of hydrogen-bond donors (Lipinski definition) is 4. The molecule has 0 bridgehead atoms. The highest BCUT2D eigenvalue weighted by atomic mass is 16.2. The molecule has 4 amide bonds. The van der Waals surface area contributed by atoms with Crippen LogP contribution in [0.1, 0.15) is 63.0 Å². The third-order valence-electron chi connectivity index (χ3n) is 6.69. The zero-order valence-electron chi connectivity index (χ0n) is 19.2. The van der Waals surface area contributed by atoms with Crippen LogP contribution in [-0.4, -0.2) is 23.9 Å². The number of rotatable bonds is 6. The summed E-state index contributed by atoms with van der Waals surface area (Å²) in [6, 6.07) is 15.1. The Kier molecular flexibility index (Phi) is 6.67. The second-order valence-corrected chi connectivity index (χ2v) is 9.88.